The van der Waals surface area contributed by atoms with Gasteiger partial charge >= 0.3 is 0 Å². The zero-order valence-electron chi connectivity index (χ0n) is 9.29. The van der Waals surface area contributed by atoms with Gasteiger partial charge in [0, 0.05) is 6.07 Å². The van der Waals surface area contributed by atoms with Gasteiger partial charge in [0.1, 0.15) is 5.82 Å². The first-order valence-electron chi connectivity index (χ1n) is 5.49. The van der Waals surface area contributed by atoms with E-state index in [4.69, 9.17) is 4.74 Å². The molecule has 1 aromatic rings. The number of nitrogens with one attached hydrogen (secondary N) is 1. The van der Waals surface area contributed by atoms with Crippen LogP contribution >= 0.6 is 0 Å². The Bertz CT molecular complexity index is 376. The first-order valence-corrected chi connectivity index (χ1v) is 5.49. The summed E-state index contributed by atoms with van der Waals surface area (Å²) in [6.45, 7) is 1.80. The molecule has 0 amide bonds. The van der Waals surface area contributed by atoms with Crippen LogP contribution in [0.5, 0.6) is 11.5 Å². The monoisotopic (exact) mass is 225 g/mol. The number of hydrogen-bond acceptors (Lipinski definition) is 3. The standard InChI is InChI=1S/C12H16FNO2/c1-16-12-7-10(13)9(6-11(12)15)8-2-4-14-5-3-8/h6-8,14-15H,2-5H2,1H3. The molecule has 0 saturated carbocycles. The van der Waals surface area contributed by atoms with Gasteiger partial charge in [-0.15, -0.1) is 0 Å². The maximum absolute atomic E-state index is 13.8. The van der Waals surface area contributed by atoms with Crippen molar-refractivity contribution in [2.75, 3.05) is 20.2 Å². The van der Waals surface area contributed by atoms with E-state index in [9.17, 15) is 9.50 Å². The van der Waals surface area contributed by atoms with E-state index >= 15 is 0 Å². The lowest BCUT2D eigenvalue weighted by molar-refractivity contribution is 0.366. The summed E-state index contributed by atoms with van der Waals surface area (Å²) in [5.41, 5.74) is 0.597. The second-order valence-corrected chi connectivity index (χ2v) is 4.07. The predicted octanol–water partition coefficient (Wildman–Crippen LogP) is 2.01. The minimum Gasteiger partial charge on any atom is -0.504 e. The highest BCUT2D eigenvalue weighted by Gasteiger charge is 2.20. The molecule has 88 valence electrons. The zero-order valence-corrected chi connectivity index (χ0v) is 9.29. The lowest BCUT2D eigenvalue weighted by Gasteiger charge is -2.23. The molecule has 1 fully saturated rings. The maximum atomic E-state index is 13.8. The summed E-state index contributed by atoms with van der Waals surface area (Å²) in [4.78, 5) is 0. The van der Waals surface area contributed by atoms with Gasteiger partial charge in [0.25, 0.3) is 0 Å². The van der Waals surface area contributed by atoms with Gasteiger partial charge in [-0.25, -0.2) is 4.39 Å². The minimum absolute atomic E-state index is 0.0115. The van der Waals surface area contributed by atoms with Crippen molar-refractivity contribution in [2.24, 2.45) is 0 Å². The molecule has 0 radical (unpaired) electrons. The van der Waals surface area contributed by atoms with E-state index in [1.807, 2.05) is 0 Å². The van der Waals surface area contributed by atoms with Crippen molar-refractivity contribution >= 4 is 0 Å². The molecule has 1 saturated heterocycles. The van der Waals surface area contributed by atoms with Gasteiger partial charge in [-0.05, 0) is 43.5 Å². The van der Waals surface area contributed by atoms with Crippen LogP contribution in [0.3, 0.4) is 0 Å². The van der Waals surface area contributed by atoms with Crippen molar-refractivity contribution in [1.29, 1.82) is 0 Å². The van der Waals surface area contributed by atoms with E-state index < -0.39 is 0 Å². The van der Waals surface area contributed by atoms with Gasteiger partial charge < -0.3 is 15.2 Å². The van der Waals surface area contributed by atoms with E-state index in [1.54, 1.807) is 0 Å². The van der Waals surface area contributed by atoms with Crippen LogP contribution in [-0.4, -0.2) is 25.3 Å². The molecule has 0 aromatic heterocycles. The van der Waals surface area contributed by atoms with Crippen molar-refractivity contribution in [3.8, 4) is 11.5 Å². The average molecular weight is 225 g/mol. The van der Waals surface area contributed by atoms with Gasteiger partial charge in [0.05, 0.1) is 7.11 Å². The Morgan fingerprint density at radius 2 is 2.06 bits per heavy atom. The number of halogens is 1. The SMILES string of the molecule is COc1cc(F)c(C2CCNCC2)cc1O. The first kappa shape index (κ1) is 11.2. The predicted molar refractivity (Wildman–Crippen MR) is 59.5 cm³/mol. The highest BCUT2D eigenvalue weighted by Crippen LogP contribution is 2.35. The Morgan fingerprint density at radius 3 is 2.69 bits per heavy atom. The number of benzene rings is 1. The van der Waals surface area contributed by atoms with Crippen LogP contribution in [0, 0.1) is 5.82 Å². The Labute approximate surface area is 94.2 Å². The lowest BCUT2D eigenvalue weighted by atomic mass is 9.89. The second-order valence-electron chi connectivity index (χ2n) is 4.07. The molecular weight excluding hydrogens is 209 g/mol. The molecule has 0 unspecified atom stereocenters. The molecule has 2 N–H and O–H groups in total. The maximum Gasteiger partial charge on any atom is 0.163 e. The van der Waals surface area contributed by atoms with Crippen molar-refractivity contribution in [3.63, 3.8) is 0 Å². The van der Waals surface area contributed by atoms with Crippen LogP contribution in [0.15, 0.2) is 12.1 Å². The smallest absolute Gasteiger partial charge is 0.163 e. The summed E-state index contributed by atoms with van der Waals surface area (Å²) in [7, 11) is 1.42. The van der Waals surface area contributed by atoms with Gasteiger partial charge in [-0.1, -0.05) is 0 Å². The fourth-order valence-electron chi connectivity index (χ4n) is 2.17. The zero-order chi connectivity index (χ0) is 11.5. The highest BCUT2D eigenvalue weighted by atomic mass is 19.1. The van der Waals surface area contributed by atoms with E-state index in [1.165, 1.54) is 19.2 Å². The molecule has 1 aliphatic heterocycles. The number of rotatable bonds is 2. The van der Waals surface area contributed by atoms with Crippen LogP contribution in [0.2, 0.25) is 0 Å². The van der Waals surface area contributed by atoms with Gasteiger partial charge in [-0.3, -0.25) is 0 Å². The normalized spacial score (nSPS) is 17.4. The number of hydrogen-bond donors (Lipinski definition) is 2. The number of ether oxygens (including phenoxy) is 1. The average Bonchev–Trinajstić information content (AvgIpc) is 2.32. The van der Waals surface area contributed by atoms with Crippen molar-refractivity contribution in [1.82, 2.24) is 5.32 Å². The summed E-state index contributed by atoms with van der Waals surface area (Å²) in [5, 5.41) is 12.9. The molecule has 1 heterocycles. The van der Waals surface area contributed by atoms with Gasteiger partial charge in [-0.2, -0.15) is 0 Å². The van der Waals surface area contributed by atoms with E-state index in [-0.39, 0.29) is 23.2 Å². The first-order chi connectivity index (χ1) is 7.72. The summed E-state index contributed by atoms with van der Waals surface area (Å²) < 4.78 is 18.7. The molecule has 0 spiro atoms. The molecule has 0 atom stereocenters. The third-order valence-corrected chi connectivity index (χ3v) is 3.08. The summed E-state index contributed by atoms with van der Waals surface area (Å²) in [5.74, 6) is 0.104. The van der Waals surface area contributed by atoms with Crippen LogP contribution in [0.25, 0.3) is 0 Å². The fraction of sp³-hybridized carbons (Fsp3) is 0.500. The van der Waals surface area contributed by atoms with E-state index in [2.05, 4.69) is 5.32 Å². The van der Waals surface area contributed by atoms with Crippen LogP contribution in [0.1, 0.15) is 24.3 Å². The number of piperidine rings is 1. The molecule has 0 aliphatic carbocycles. The molecular formula is C12H16FNO2. The van der Waals surface area contributed by atoms with Gasteiger partial charge in [0.15, 0.2) is 11.5 Å². The van der Waals surface area contributed by atoms with Crippen LogP contribution < -0.4 is 10.1 Å². The quantitative estimate of drug-likeness (QED) is 0.809. The Morgan fingerprint density at radius 1 is 1.38 bits per heavy atom. The number of methoxy groups -OCH3 is 1. The Hall–Kier alpha value is -1.29. The summed E-state index contributed by atoms with van der Waals surface area (Å²) in [6.07, 6.45) is 1.81. The highest BCUT2D eigenvalue weighted by molar-refractivity contribution is 5.43. The Balaban J connectivity index is 2.29. The minimum atomic E-state index is -0.290. The molecule has 4 heteroatoms. The third-order valence-electron chi connectivity index (χ3n) is 3.08. The van der Waals surface area contributed by atoms with Gasteiger partial charge in [0.2, 0.25) is 0 Å². The second kappa shape index (κ2) is 4.70. The summed E-state index contributed by atoms with van der Waals surface area (Å²) in [6, 6.07) is 2.75. The lowest BCUT2D eigenvalue weighted by Crippen LogP contribution is -2.27. The largest absolute Gasteiger partial charge is 0.504 e. The third kappa shape index (κ3) is 2.11. The topological polar surface area (TPSA) is 41.5 Å². The number of phenols is 1. The molecule has 2 rings (SSSR count). The van der Waals surface area contributed by atoms with Crippen molar-refractivity contribution in [2.45, 2.75) is 18.8 Å². The fourth-order valence-corrected chi connectivity index (χ4v) is 2.17. The molecule has 3 nitrogen and oxygen atoms in total. The van der Waals surface area contributed by atoms with Crippen molar-refractivity contribution < 1.29 is 14.2 Å². The Kier molecular flexibility index (Phi) is 3.29. The van der Waals surface area contributed by atoms with Crippen molar-refractivity contribution in [3.05, 3.63) is 23.5 Å². The van der Waals surface area contributed by atoms with Crippen LogP contribution in [0.4, 0.5) is 4.39 Å². The molecule has 0 bridgehead atoms. The number of phenolic OH excluding ortho intramolecular Hbond substituents is 1. The molecule has 1 aliphatic rings. The molecule has 1 aromatic carbocycles. The number of aromatic hydroxyl groups is 1. The van der Waals surface area contributed by atoms with E-state index in [0.717, 1.165) is 25.9 Å². The van der Waals surface area contributed by atoms with E-state index in [0.29, 0.717) is 5.56 Å². The molecule has 16 heavy (non-hydrogen) atoms. The van der Waals surface area contributed by atoms with Crippen LogP contribution in [-0.2, 0) is 0 Å². The summed E-state index contributed by atoms with van der Waals surface area (Å²) >= 11 is 0.